The Hall–Kier alpha value is -2.18. The largest absolute Gasteiger partial charge is 0.493 e. The number of ether oxygens (including phenoxy) is 1. The van der Waals surface area contributed by atoms with E-state index in [9.17, 15) is 9.59 Å². The monoisotopic (exact) mass is 399 g/mol. The van der Waals surface area contributed by atoms with Gasteiger partial charge >= 0.3 is 0 Å². The van der Waals surface area contributed by atoms with Gasteiger partial charge in [0.1, 0.15) is 5.75 Å². The molecule has 1 aliphatic heterocycles. The van der Waals surface area contributed by atoms with E-state index in [2.05, 4.69) is 54.3 Å². The first kappa shape index (κ1) is 21.5. The summed E-state index contributed by atoms with van der Waals surface area (Å²) >= 11 is 0. The molecule has 1 unspecified atom stereocenters. The Labute approximate surface area is 173 Å². The highest BCUT2D eigenvalue weighted by Crippen LogP contribution is 2.30. The first-order valence-corrected chi connectivity index (χ1v) is 10.7. The van der Waals surface area contributed by atoms with Crippen LogP contribution in [0.5, 0.6) is 5.75 Å². The van der Waals surface area contributed by atoms with E-state index < -0.39 is 0 Å². The van der Waals surface area contributed by atoms with E-state index in [-0.39, 0.29) is 23.3 Å². The maximum Gasteiger partial charge on any atom is 0.229 e. The number of hydrogen-bond donors (Lipinski definition) is 3. The van der Waals surface area contributed by atoms with E-state index in [0.717, 1.165) is 31.1 Å². The quantitative estimate of drug-likeness (QED) is 0.230. The van der Waals surface area contributed by atoms with Crippen molar-refractivity contribution in [2.24, 2.45) is 11.8 Å². The predicted octanol–water partition coefficient (Wildman–Crippen LogP) is 3.19. The van der Waals surface area contributed by atoms with Gasteiger partial charge in [0.15, 0.2) is 0 Å². The molecular formula is C23H33N3O3. The van der Waals surface area contributed by atoms with Gasteiger partial charge in [-0.3, -0.25) is 20.3 Å². The molecule has 29 heavy (non-hydrogen) atoms. The van der Waals surface area contributed by atoms with Gasteiger partial charge in [-0.05, 0) is 69.6 Å². The molecule has 1 aromatic carbocycles. The lowest BCUT2D eigenvalue weighted by Crippen LogP contribution is -2.46. The molecule has 0 aromatic heterocycles. The number of benzene rings is 1. The highest BCUT2D eigenvalue weighted by Gasteiger charge is 2.25. The van der Waals surface area contributed by atoms with Crippen LogP contribution in [0.2, 0.25) is 0 Å². The standard InChI is InChI=1S/C23H33N3O3/c1-23(2,19-8-6-9-20(15-19)29-16-17-10-11-17)26-24-14-5-3-4-7-18-12-13-21(27)25-22(18)28/h3,5-6,8-9,15,17-18,24,26H,4,7,10-14,16H2,1-2H3,(H,25,27,28)/b5-3+. The fourth-order valence-electron chi connectivity index (χ4n) is 3.39. The van der Waals surface area contributed by atoms with E-state index >= 15 is 0 Å². The van der Waals surface area contributed by atoms with Gasteiger partial charge in [-0.15, -0.1) is 0 Å². The Bertz CT molecular complexity index is 741. The zero-order valence-electron chi connectivity index (χ0n) is 17.5. The van der Waals surface area contributed by atoms with Crippen molar-refractivity contribution in [3.8, 4) is 5.75 Å². The topological polar surface area (TPSA) is 79.5 Å². The number of amides is 2. The molecule has 6 nitrogen and oxygen atoms in total. The molecule has 1 atom stereocenters. The number of allylic oxidation sites excluding steroid dienone is 1. The van der Waals surface area contributed by atoms with Gasteiger partial charge in [0.05, 0.1) is 12.1 Å². The molecule has 1 aliphatic carbocycles. The van der Waals surface area contributed by atoms with Crippen molar-refractivity contribution in [1.82, 2.24) is 16.2 Å². The van der Waals surface area contributed by atoms with Gasteiger partial charge in [-0.2, -0.15) is 0 Å². The summed E-state index contributed by atoms with van der Waals surface area (Å²) in [6, 6.07) is 8.26. The second kappa shape index (κ2) is 10.0. The van der Waals surface area contributed by atoms with Crippen molar-refractivity contribution < 1.29 is 14.3 Å². The van der Waals surface area contributed by atoms with Gasteiger partial charge in [0.25, 0.3) is 0 Å². The molecule has 0 spiro atoms. The van der Waals surface area contributed by atoms with Crippen LogP contribution in [0.25, 0.3) is 0 Å². The zero-order valence-corrected chi connectivity index (χ0v) is 17.5. The SMILES string of the molecule is CC(C)(NNC/C=C/CCC1CCC(=O)NC1=O)c1cccc(OCC2CC2)c1. The van der Waals surface area contributed by atoms with E-state index in [1.165, 1.54) is 18.4 Å². The smallest absolute Gasteiger partial charge is 0.229 e. The Kier molecular flexibility index (Phi) is 7.45. The second-order valence-corrected chi connectivity index (χ2v) is 8.61. The maximum atomic E-state index is 11.7. The average molecular weight is 400 g/mol. The first-order chi connectivity index (χ1) is 13.9. The summed E-state index contributed by atoms with van der Waals surface area (Å²) < 4.78 is 5.89. The van der Waals surface area contributed by atoms with Crippen LogP contribution in [0.4, 0.5) is 0 Å². The van der Waals surface area contributed by atoms with E-state index in [0.29, 0.717) is 19.4 Å². The third-order valence-corrected chi connectivity index (χ3v) is 5.56. The molecular weight excluding hydrogens is 366 g/mol. The molecule has 3 N–H and O–H groups in total. The summed E-state index contributed by atoms with van der Waals surface area (Å²) in [5.41, 5.74) is 7.56. The Morgan fingerprint density at radius 2 is 2.03 bits per heavy atom. The van der Waals surface area contributed by atoms with Crippen LogP contribution in [0.15, 0.2) is 36.4 Å². The minimum absolute atomic E-state index is 0.0447. The van der Waals surface area contributed by atoms with E-state index in [1.807, 2.05) is 12.1 Å². The Morgan fingerprint density at radius 3 is 2.79 bits per heavy atom. The Balaban J connectivity index is 1.35. The number of hydrogen-bond acceptors (Lipinski definition) is 5. The van der Waals surface area contributed by atoms with Gasteiger partial charge in [-0.25, -0.2) is 5.43 Å². The van der Waals surface area contributed by atoms with Crippen molar-refractivity contribution in [3.63, 3.8) is 0 Å². The number of nitrogens with one attached hydrogen (secondary N) is 3. The van der Waals surface area contributed by atoms with Crippen LogP contribution in [0.3, 0.4) is 0 Å². The number of imide groups is 1. The average Bonchev–Trinajstić information content (AvgIpc) is 3.52. The van der Waals surface area contributed by atoms with E-state index in [4.69, 9.17) is 4.74 Å². The minimum Gasteiger partial charge on any atom is -0.493 e. The molecule has 6 heteroatoms. The first-order valence-electron chi connectivity index (χ1n) is 10.7. The lowest BCUT2D eigenvalue weighted by atomic mass is 9.93. The summed E-state index contributed by atoms with van der Waals surface area (Å²) in [6.07, 6.45) is 9.45. The van der Waals surface area contributed by atoms with Crippen LogP contribution in [-0.4, -0.2) is 25.0 Å². The maximum absolute atomic E-state index is 11.7. The van der Waals surface area contributed by atoms with Gasteiger partial charge < -0.3 is 4.74 Å². The lowest BCUT2D eigenvalue weighted by molar-refractivity contribution is -0.136. The van der Waals surface area contributed by atoms with Gasteiger partial charge in [0, 0.05) is 18.9 Å². The second-order valence-electron chi connectivity index (χ2n) is 8.61. The van der Waals surface area contributed by atoms with Gasteiger partial charge in [-0.1, -0.05) is 24.3 Å². The summed E-state index contributed by atoms with van der Waals surface area (Å²) in [6.45, 7) is 5.77. The molecule has 1 saturated carbocycles. The molecule has 3 rings (SSSR count). The van der Waals surface area contributed by atoms with Crippen molar-refractivity contribution >= 4 is 11.8 Å². The highest BCUT2D eigenvalue weighted by molar-refractivity contribution is 5.98. The molecule has 1 aromatic rings. The van der Waals surface area contributed by atoms with Crippen LogP contribution in [-0.2, 0) is 15.1 Å². The summed E-state index contributed by atoms with van der Waals surface area (Å²) in [7, 11) is 0. The van der Waals surface area contributed by atoms with Crippen molar-refractivity contribution in [2.45, 2.75) is 57.9 Å². The molecule has 0 radical (unpaired) electrons. The van der Waals surface area contributed by atoms with Crippen molar-refractivity contribution in [2.75, 3.05) is 13.2 Å². The third kappa shape index (κ3) is 6.98. The predicted molar refractivity (Wildman–Crippen MR) is 113 cm³/mol. The molecule has 2 aliphatic rings. The number of carbonyl (C=O) groups excluding carboxylic acids is 2. The molecule has 2 amide bonds. The van der Waals surface area contributed by atoms with Crippen LogP contribution >= 0.6 is 0 Å². The fourth-order valence-corrected chi connectivity index (χ4v) is 3.39. The van der Waals surface area contributed by atoms with Crippen LogP contribution in [0, 0.1) is 11.8 Å². The summed E-state index contributed by atoms with van der Waals surface area (Å²) in [4.78, 5) is 22.9. The molecule has 158 valence electrons. The highest BCUT2D eigenvalue weighted by atomic mass is 16.5. The zero-order chi connectivity index (χ0) is 20.7. The number of hydrazine groups is 1. The van der Waals surface area contributed by atoms with Crippen LogP contribution < -0.4 is 20.9 Å². The summed E-state index contributed by atoms with van der Waals surface area (Å²) in [5, 5.41) is 2.41. The van der Waals surface area contributed by atoms with E-state index in [1.54, 1.807) is 0 Å². The van der Waals surface area contributed by atoms with Crippen LogP contribution in [0.1, 0.15) is 57.9 Å². The normalized spacial score (nSPS) is 20.1. The fraction of sp³-hybridized carbons (Fsp3) is 0.565. The molecule has 2 fully saturated rings. The van der Waals surface area contributed by atoms with Gasteiger partial charge in [0.2, 0.25) is 11.8 Å². The molecule has 1 saturated heterocycles. The molecule has 1 heterocycles. The number of carbonyl (C=O) groups is 2. The molecule has 0 bridgehead atoms. The lowest BCUT2D eigenvalue weighted by Gasteiger charge is -2.27. The third-order valence-electron chi connectivity index (χ3n) is 5.56. The Morgan fingerprint density at radius 1 is 1.21 bits per heavy atom. The number of piperidine rings is 1. The summed E-state index contributed by atoms with van der Waals surface area (Å²) in [5.74, 6) is 1.35. The number of rotatable bonds is 11. The van der Waals surface area contributed by atoms with Crippen molar-refractivity contribution in [3.05, 3.63) is 42.0 Å². The minimum atomic E-state index is -0.237. The van der Waals surface area contributed by atoms with Crippen molar-refractivity contribution in [1.29, 1.82) is 0 Å².